The van der Waals surface area contributed by atoms with E-state index in [2.05, 4.69) is 48.6 Å². The average molecular weight is 220 g/mol. The number of nitrogens with one attached hydrogen (secondary N) is 1. The number of rotatable bonds is 5. The lowest BCUT2D eigenvalue weighted by Crippen LogP contribution is -2.27. The maximum Gasteiger partial charge on any atom is 0.208 e. The van der Waals surface area contributed by atoms with Gasteiger partial charge in [-0.25, -0.2) is 0 Å². The third-order valence-electron chi connectivity index (χ3n) is 2.38. The number of hydrogen-bond acceptors (Lipinski definition) is 2. The average Bonchev–Trinajstić information content (AvgIpc) is 2.25. The largest absolute Gasteiger partial charge is 0.369 e. The van der Waals surface area contributed by atoms with Crippen molar-refractivity contribution in [1.29, 1.82) is 0 Å². The summed E-state index contributed by atoms with van der Waals surface area (Å²) in [7, 11) is 0. The van der Waals surface area contributed by atoms with Crippen LogP contribution >= 0.6 is 0 Å². The molecule has 0 spiro atoms. The lowest BCUT2D eigenvalue weighted by molar-refractivity contribution is 0.727. The van der Waals surface area contributed by atoms with Crippen LogP contribution in [0.25, 0.3) is 0 Å². The van der Waals surface area contributed by atoms with Crippen molar-refractivity contribution in [3.05, 3.63) is 35.4 Å². The lowest BCUT2D eigenvalue weighted by atomic mass is 10.0. The molecule has 0 saturated carbocycles. The van der Waals surface area contributed by atoms with Crippen molar-refractivity contribution in [2.75, 3.05) is 6.54 Å². The quantitative estimate of drug-likeness (QED) is 0.301. The van der Waals surface area contributed by atoms with Crippen LogP contribution in [-0.4, -0.2) is 12.5 Å². The Morgan fingerprint density at radius 2 is 1.88 bits per heavy atom. The molecule has 0 bridgehead atoms. The number of hydrogen-bond donors (Lipinski definition) is 3. The summed E-state index contributed by atoms with van der Waals surface area (Å²) in [6.07, 6.45) is 0.912. The maximum atomic E-state index is 5.19. The van der Waals surface area contributed by atoms with E-state index in [1.54, 1.807) is 0 Å². The SMILES string of the molecule is CC(C)c1ccc(CCNN=C(N)N)cc1. The molecule has 0 aliphatic carbocycles. The lowest BCUT2D eigenvalue weighted by Gasteiger charge is -2.06. The van der Waals surface area contributed by atoms with E-state index in [0.29, 0.717) is 5.92 Å². The van der Waals surface area contributed by atoms with E-state index in [1.807, 2.05) is 0 Å². The van der Waals surface area contributed by atoms with Crippen molar-refractivity contribution in [2.45, 2.75) is 26.2 Å². The van der Waals surface area contributed by atoms with E-state index >= 15 is 0 Å². The molecule has 0 heterocycles. The first-order valence-corrected chi connectivity index (χ1v) is 5.50. The molecule has 0 atom stereocenters. The molecule has 4 nitrogen and oxygen atoms in total. The molecule has 88 valence electrons. The summed E-state index contributed by atoms with van der Waals surface area (Å²) in [6.45, 7) is 5.11. The Morgan fingerprint density at radius 3 is 2.38 bits per heavy atom. The van der Waals surface area contributed by atoms with Crippen LogP contribution in [0.2, 0.25) is 0 Å². The molecule has 0 amide bonds. The second-order valence-electron chi connectivity index (χ2n) is 4.09. The fourth-order valence-corrected chi connectivity index (χ4v) is 1.42. The van der Waals surface area contributed by atoms with Crippen LogP contribution < -0.4 is 16.9 Å². The molecule has 1 aromatic rings. The van der Waals surface area contributed by atoms with Gasteiger partial charge in [0.15, 0.2) is 0 Å². The third kappa shape index (κ3) is 4.21. The van der Waals surface area contributed by atoms with Gasteiger partial charge in [-0.15, -0.1) is 5.10 Å². The number of benzene rings is 1. The predicted octanol–water partition coefficient (Wildman–Crippen LogP) is 1.13. The van der Waals surface area contributed by atoms with Gasteiger partial charge in [0, 0.05) is 6.54 Å². The predicted molar refractivity (Wildman–Crippen MR) is 68.0 cm³/mol. The van der Waals surface area contributed by atoms with Crippen LogP contribution in [0.15, 0.2) is 29.4 Å². The molecule has 0 aromatic heterocycles. The highest BCUT2D eigenvalue weighted by Crippen LogP contribution is 2.14. The minimum atomic E-state index is 0.0650. The zero-order valence-corrected chi connectivity index (χ0v) is 9.90. The molecule has 0 fully saturated rings. The molecule has 5 N–H and O–H groups in total. The van der Waals surface area contributed by atoms with Crippen LogP contribution in [0.3, 0.4) is 0 Å². The van der Waals surface area contributed by atoms with Crippen molar-refractivity contribution < 1.29 is 0 Å². The highest BCUT2D eigenvalue weighted by atomic mass is 15.3. The summed E-state index contributed by atoms with van der Waals surface area (Å²) in [5.74, 6) is 0.643. The Kier molecular flexibility index (Phi) is 4.64. The van der Waals surface area contributed by atoms with Crippen LogP contribution in [-0.2, 0) is 6.42 Å². The molecule has 0 aliphatic rings. The summed E-state index contributed by atoms with van der Waals surface area (Å²) in [5.41, 5.74) is 15.8. The van der Waals surface area contributed by atoms with E-state index in [4.69, 9.17) is 11.5 Å². The van der Waals surface area contributed by atoms with Crippen LogP contribution in [0.5, 0.6) is 0 Å². The fraction of sp³-hybridized carbons (Fsp3) is 0.417. The van der Waals surface area contributed by atoms with Crippen molar-refractivity contribution in [3.8, 4) is 0 Å². The van der Waals surface area contributed by atoms with E-state index in [0.717, 1.165) is 13.0 Å². The summed E-state index contributed by atoms with van der Waals surface area (Å²) in [4.78, 5) is 0. The Labute approximate surface area is 96.7 Å². The molecule has 0 unspecified atom stereocenters. The van der Waals surface area contributed by atoms with E-state index in [1.165, 1.54) is 11.1 Å². The van der Waals surface area contributed by atoms with Crippen LogP contribution in [0, 0.1) is 0 Å². The van der Waals surface area contributed by atoms with Gasteiger partial charge >= 0.3 is 0 Å². The summed E-state index contributed by atoms with van der Waals surface area (Å²) in [6, 6.07) is 8.63. The van der Waals surface area contributed by atoms with Gasteiger partial charge in [0.2, 0.25) is 5.96 Å². The number of nitrogens with zero attached hydrogens (tertiary/aromatic N) is 1. The van der Waals surface area contributed by atoms with Crippen molar-refractivity contribution in [3.63, 3.8) is 0 Å². The van der Waals surface area contributed by atoms with Gasteiger partial charge in [-0.3, -0.25) is 0 Å². The first-order chi connectivity index (χ1) is 7.59. The van der Waals surface area contributed by atoms with Gasteiger partial charge in [-0.05, 0) is 23.5 Å². The molecule has 4 heteroatoms. The van der Waals surface area contributed by atoms with Gasteiger partial charge in [0.1, 0.15) is 0 Å². The fourth-order valence-electron chi connectivity index (χ4n) is 1.42. The monoisotopic (exact) mass is 220 g/mol. The topological polar surface area (TPSA) is 76.4 Å². The van der Waals surface area contributed by atoms with Crippen molar-refractivity contribution in [2.24, 2.45) is 16.6 Å². The highest BCUT2D eigenvalue weighted by molar-refractivity contribution is 5.75. The van der Waals surface area contributed by atoms with E-state index in [9.17, 15) is 0 Å². The highest BCUT2D eigenvalue weighted by Gasteiger charge is 1.98. The zero-order chi connectivity index (χ0) is 12.0. The van der Waals surface area contributed by atoms with Gasteiger partial charge in [-0.1, -0.05) is 38.1 Å². The second kappa shape index (κ2) is 6.00. The Bertz CT molecular complexity index is 337. The Hall–Kier alpha value is -1.71. The molecule has 16 heavy (non-hydrogen) atoms. The number of hydrazone groups is 1. The standard InChI is InChI=1S/C12H20N4/c1-9(2)11-5-3-10(4-6-11)7-8-15-16-12(13)14/h3-6,9,15H,7-8H2,1-2H3,(H4,13,14,16). The molecular weight excluding hydrogens is 200 g/mol. The molecule has 1 rings (SSSR count). The maximum absolute atomic E-state index is 5.19. The van der Waals surface area contributed by atoms with Crippen LogP contribution in [0.4, 0.5) is 0 Å². The summed E-state index contributed by atoms with van der Waals surface area (Å²) >= 11 is 0. The summed E-state index contributed by atoms with van der Waals surface area (Å²) < 4.78 is 0. The van der Waals surface area contributed by atoms with E-state index < -0.39 is 0 Å². The van der Waals surface area contributed by atoms with Gasteiger partial charge < -0.3 is 16.9 Å². The molecule has 1 aromatic carbocycles. The molecular formula is C12H20N4. The summed E-state index contributed by atoms with van der Waals surface area (Å²) in [5, 5.41) is 3.71. The first-order valence-electron chi connectivity index (χ1n) is 5.50. The minimum Gasteiger partial charge on any atom is -0.369 e. The van der Waals surface area contributed by atoms with Gasteiger partial charge in [0.25, 0.3) is 0 Å². The van der Waals surface area contributed by atoms with Gasteiger partial charge in [-0.2, -0.15) is 0 Å². The zero-order valence-electron chi connectivity index (χ0n) is 9.90. The second-order valence-corrected chi connectivity index (χ2v) is 4.09. The number of nitrogens with two attached hydrogens (primary N) is 2. The van der Waals surface area contributed by atoms with E-state index in [-0.39, 0.29) is 5.96 Å². The first kappa shape index (κ1) is 12.4. The third-order valence-corrected chi connectivity index (χ3v) is 2.38. The molecule has 0 saturated heterocycles. The minimum absolute atomic E-state index is 0.0650. The normalized spacial score (nSPS) is 10.2. The Balaban J connectivity index is 2.41. The Morgan fingerprint density at radius 1 is 1.25 bits per heavy atom. The van der Waals surface area contributed by atoms with Crippen molar-refractivity contribution >= 4 is 5.96 Å². The van der Waals surface area contributed by atoms with Gasteiger partial charge in [0.05, 0.1) is 0 Å². The molecule has 0 aliphatic heterocycles. The number of guanidine groups is 1. The molecule has 0 radical (unpaired) electrons. The smallest absolute Gasteiger partial charge is 0.208 e. The van der Waals surface area contributed by atoms with Crippen molar-refractivity contribution in [1.82, 2.24) is 5.43 Å². The van der Waals surface area contributed by atoms with Crippen LogP contribution in [0.1, 0.15) is 30.9 Å².